The minimum atomic E-state index is -3.77. The molecule has 0 spiro atoms. The van der Waals surface area contributed by atoms with Crippen LogP contribution in [0.1, 0.15) is 27.4 Å². The van der Waals surface area contributed by atoms with Crippen LogP contribution in [0.2, 0.25) is 5.02 Å². The van der Waals surface area contributed by atoms with Gasteiger partial charge in [0.25, 0.3) is 0 Å². The largest absolute Gasteiger partial charge is 0.457 e. The molecule has 2 aromatic rings. The number of halogens is 1. The van der Waals surface area contributed by atoms with Gasteiger partial charge in [0.2, 0.25) is 10.0 Å². The lowest BCUT2D eigenvalue weighted by Gasteiger charge is -2.08. The van der Waals surface area contributed by atoms with Gasteiger partial charge in [0.1, 0.15) is 17.3 Å². The van der Waals surface area contributed by atoms with Crippen LogP contribution in [0.15, 0.2) is 27.6 Å². The van der Waals surface area contributed by atoms with Crippen molar-refractivity contribution >= 4 is 27.6 Å². The molecule has 23 heavy (non-hydrogen) atoms. The molecule has 0 radical (unpaired) electrons. The van der Waals surface area contributed by atoms with Crippen LogP contribution >= 0.6 is 11.6 Å². The molecule has 0 amide bonds. The molecule has 0 atom stereocenters. The molecule has 1 aromatic carbocycles. The lowest BCUT2D eigenvalue weighted by Crippen LogP contribution is -2.19. The van der Waals surface area contributed by atoms with E-state index in [4.69, 9.17) is 20.9 Å². The van der Waals surface area contributed by atoms with Crippen LogP contribution < -0.4 is 4.72 Å². The number of hydrogen-bond acceptors (Lipinski definition) is 6. The predicted octanol–water partition coefficient (Wildman–Crippen LogP) is 2.21. The van der Waals surface area contributed by atoms with Crippen LogP contribution in [0.4, 0.5) is 0 Å². The Morgan fingerprint density at radius 3 is 2.65 bits per heavy atom. The maximum absolute atomic E-state index is 12.1. The number of esters is 1. The van der Waals surface area contributed by atoms with Gasteiger partial charge >= 0.3 is 5.97 Å². The molecule has 1 N–H and O–H groups in total. The summed E-state index contributed by atoms with van der Waals surface area (Å²) in [6.07, 6.45) is 0. The van der Waals surface area contributed by atoms with Crippen molar-refractivity contribution in [2.24, 2.45) is 0 Å². The lowest BCUT2D eigenvalue weighted by atomic mass is 10.2. The molecule has 0 fully saturated rings. The van der Waals surface area contributed by atoms with Crippen LogP contribution in [-0.2, 0) is 21.4 Å². The van der Waals surface area contributed by atoms with Gasteiger partial charge in [0.15, 0.2) is 0 Å². The normalized spacial score (nSPS) is 11.5. The number of carbonyl (C=O) groups is 1. The Labute approximate surface area is 138 Å². The minimum absolute atomic E-state index is 0.0154. The SMILES string of the molecule is CNS(=O)(=O)c1cc(C(=O)OCc2c(C)noc2C)ccc1Cl. The molecule has 9 heteroatoms. The maximum atomic E-state index is 12.1. The second-order valence-corrected chi connectivity index (χ2v) is 6.99. The van der Waals surface area contributed by atoms with Gasteiger partial charge in [-0.3, -0.25) is 0 Å². The van der Waals surface area contributed by atoms with Gasteiger partial charge in [-0.05, 0) is 39.1 Å². The van der Waals surface area contributed by atoms with Crippen LogP contribution in [0.5, 0.6) is 0 Å². The molecular weight excluding hydrogens is 344 g/mol. The van der Waals surface area contributed by atoms with Crippen molar-refractivity contribution in [2.45, 2.75) is 25.3 Å². The summed E-state index contributed by atoms with van der Waals surface area (Å²) in [4.78, 5) is 11.9. The van der Waals surface area contributed by atoms with Crippen LogP contribution in [0.25, 0.3) is 0 Å². The zero-order chi connectivity index (χ0) is 17.2. The molecule has 1 aromatic heterocycles. The standard InChI is InChI=1S/C14H15ClN2O5S/c1-8-11(9(2)22-17-8)7-21-14(18)10-4-5-12(15)13(6-10)23(19,20)16-3/h4-6,16H,7H2,1-3H3. The first kappa shape index (κ1) is 17.5. The van der Waals surface area contributed by atoms with E-state index in [1.807, 2.05) is 0 Å². The van der Waals surface area contributed by atoms with E-state index in [0.717, 1.165) is 0 Å². The first-order valence-electron chi connectivity index (χ1n) is 6.58. The van der Waals surface area contributed by atoms with E-state index >= 15 is 0 Å². The first-order valence-corrected chi connectivity index (χ1v) is 8.44. The summed E-state index contributed by atoms with van der Waals surface area (Å²) in [5, 5.41) is 3.78. The number of sulfonamides is 1. The number of ether oxygens (including phenoxy) is 1. The van der Waals surface area contributed by atoms with Crippen molar-refractivity contribution in [1.29, 1.82) is 0 Å². The summed E-state index contributed by atoms with van der Waals surface area (Å²) in [6, 6.07) is 3.90. The molecule has 0 aliphatic carbocycles. The highest BCUT2D eigenvalue weighted by Crippen LogP contribution is 2.23. The van der Waals surface area contributed by atoms with Crippen molar-refractivity contribution < 1.29 is 22.5 Å². The number of rotatable bonds is 5. The third kappa shape index (κ3) is 3.72. The van der Waals surface area contributed by atoms with Gasteiger partial charge in [-0.15, -0.1) is 0 Å². The van der Waals surface area contributed by atoms with E-state index in [0.29, 0.717) is 17.0 Å². The Bertz CT molecular complexity index is 825. The van der Waals surface area contributed by atoms with Crippen molar-refractivity contribution in [2.75, 3.05) is 7.05 Å². The lowest BCUT2D eigenvalue weighted by molar-refractivity contribution is 0.0470. The average Bonchev–Trinajstić information content (AvgIpc) is 2.84. The van der Waals surface area contributed by atoms with E-state index in [9.17, 15) is 13.2 Å². The van der Waals surface area contributed by atoms with Crippen molar-refractivity contribution in [3.05, 3.63) is 45.8 Å². The smallest absolute Gasteiger partial charge is 0.338 e. The fourth-order valence-corrected chi connectivity index (χ4v) is 3.12. The summed E-state index contributed by atoms with van der Waals surface area (Å²) in [5.41, 5.74) is 1.38. The summed E-state index contributed by atoms with van der Waals surface area (Å²) in [5.74, 6) is -0.112. The van der Waals surface area contributed by atoms with E-state index in [1.165, 1.54) is 25.2 Å². The number of aromatic nitrogens is 1. The molecular formula is C14H15ClN2O5S. The number of benzene rings is 1. The third-order valence-electron chi connectivity index (χ3n) is 3.25. The molecule has 1 heterocycles. The quantitative estimate of drug-likeness (QED) is 0.823. The summed E-state index contributed by atoms with van der Waals surface area (Å²) in [7, 11) is -2.51. The third-order valence-corrected chi connectivity index (χ3v) is 5.15. The zero-order valence-corrected chi connectivity index (χ0v) is 14.3. The number of nitrogens with zero attached hydrogens (tertiary/aromatic N) is 1. The number of hydrogen-bond donors (Lipinski definition) is 1. The molecule has 0 aliphatic heterocycles. The van der Waals surface area contributed by atoms with Crippen molar-refractivity contribution in [3.63, 3.8) is 0 Å². The first-order chi connectivity index (χ1) is 10.8. The maximum Gasteiger partial charge on any atom is 0.338 e. The minimum Gasteiger partial charge on any atom is -0.457 e. The molecule has 2 rings (SSSR count). The van der Waals surface area contributed by atoms with Gasteiger partial charge in [0.05, 0.1) is 21.8 Å². The van der Waals surface area contributed by atoms with Crippen molar-refractivity contribution in [1.82, 2.24) is 9.88 Å². The summed E-state index contributed by atoms with van der Waals surface area (Å²) in [6.45, 7) is 3.43. The summed E-state index contributed by atoms with van der Waals surface area (Å²) < 4.78 is 36.0. The second-order valence-electron chi connectivity index (χ2n) is 4.73. The fraction of sp³-hybridized carbons (Fsp3) is 0.286. The Kier molecular flexibility index (Phi) is 5.08. The Hall–Kier alpha value is -1.90. The van der Waals surface area contributed by atoms with Crippen LogP contribution in [-0.4, -0.2) is 26.6 Å². The highest BCUT2D eigenvalue weighted by atomic mass is 35.5. The van der Waals surface area contributed by atoms with Gasteiger partial charge in [-0.25, -0.2) is 17.9 Å². The Morgan fingerprint density at radius 2 is 2.09 bits per heavy atom. The predicted molar refractivity (Wildman–Crippen MR) is 82.8 cm³/mol. The number of aryl methyl sites for hydroxylation is 2. The number of carbonyl (C=O) groups excluding carboxylic acids is 1. The molecule has 124 valence electrons. The van der Waals surface area contributed by atoms with Gasteiger partial charge in [0, 0.05) is 0 Å². The average molecular weight is 359 g/mol. The van der Waals surface area contributed by atoms with E-state index in [1.54, 1.807) is 13.8 Å². The molecule has 0 saturated heterocycles. The molecule has 0 unspecified atom stereocenters. The highest BCUT2D eigenvalue weighted by molar-refractivity contribution is 7.89. The van der Waals surface area contributed by atoms with Gasteiger partial charge in [-0.1, -0.05) is 16.8 Å². The van der Waals surface area contributed by atoms with Crippen LogP contribution in [0, 0.1) is 13.8 Å². The van der Waals surface area contributed by atoms with Crippen LogP contribution in [0.3, 0.4) is 0 Å². The van der Waals surface area contributed by atoms with E-state index < -0.39 is 16.0 Å². The van der Waals surface area contributed by atoms with Gasteiger partial charge in [-0.2, -0.15) is 0 Å². The molecule has 0 saturated carbocycles. The van der Waals surface area contributed by atoms with E-state index in [-0.39, 0.29) is 22.1 Å². The zero-order valence-electron chi connectivity index (χ0n) is 12.7. The Balaban J connectivity index is 2.22. The monoisotopic (exact) mass is 358 g/mol. The fourth-order valence-electron chi connectivity index (χ4n) is 1.88. The highest BCUT2D eigenvalue weighted by Gasteiger charge is 2.20. The van der Waals surface area contributed by atoms with Crippen molar-refractivity contribution in [3.8, 4) is 0 Å². The van der Waals surface area contributed by atoms with Gasteiger partial charge < -0.3 is 9.26 Å². The molecule has 0 aliphatic rings. The Morgan fingerprint density at radius 1 is 1.39 bits per heavy atom. The molecule has 7 nitrogen and oxygen atoms in total. The molecule has 0 bridgehead atoms. The number of nitrogens with one attached hydrogen (secondary N) is 1. The van der Waals surface area contributed by atoms with E-state index in [2.05, 4.69) is 9.88 Å². The second kappa shape index (κ2) is 6.69. The topological polar surface area (TPSA) is 98.5 Å². The summed E-state index contributed by atoms with van der Waals surface area (Å²) >= 11 is 5.87.